The van der Waals surface area contributed by atoms with Crippen LogP contribution in [0, 0.1) is 17.3 Å². The van der Waals surface area contributed by atoms with Gasteiger partial charge in [0.2, 0.25) is 0 Å². The Hall–Kier alpha value is -1.10. The molecule has 0 bridgehead atoms. The summed E-state index contributed by atoms with van der Waals surface area (Å²) in [6, 6.07) is 0. The van der Waals surface area contributed by atoms with Gasteiger partial charge in [0.15, 0.2) is 6.10 Å². The molecule has 0 aromatic heterocycles. The molecule has 4 aliphatic rings. The van der Waals surface area contributed by atoms with E-state index in [1.807, 2.05) is 0 Å². The van der Waals surface area contributed by atoms with E-state index in [0.29, 0.717) is 0 Å². The SMILES string of the molecule is COC(=O)C(C1CCCCC1)C1(C(OC2CCCCC2)C(=O)OC2CCCCC2)CCCCC1. The first kappa shape index (κ1) is 26.0. The molecule has 194 valence electrons. The summed E-state index contributed by atoms with van der Waals surface area (Å²) in [4.78, 5) is 27.5. The summed E-state index contributed by atoms with van der Waals surface area (Å²) in [5.74, 6) is -0.314. The van der Waals surface area contributed by atoms with Crippen molar-refractivity contribution >= 4 is 11.9 Å². The van der Waals surface area contributed by atoms with E-state index in [4.69, 9.17) is 14.2 Å². The zero-order chi connectivity index (χ0) is 23.8. The highest BCUT2D eigenvalue weighted by atomic mass is 16.6. The van der Waals surface area contributed by atoms with E-state index in [1.165, 1.54) is 26.4 Å². The summed E-state index contributed by atoms with van der Waals surface area (Å²) < 4.78 is 18.5. The molecule has 4 rings (SSSR count). The first-order chi connectivity index (χ1) is 16.6. The molecule has 0 spiro atoms. The molecule has 0 aromatic carbocycles. The molecule has 4 aliphatic carbocycles. The van der Waals surface area contributed by atoms with Crippen LogP contribution in [0.3, 0.4) is 0 Å². The van der Waals surface area contributed by atoms with Crippen LogP contribution in [0.5, 0.6) is 0 Å². The minimum Gasteiger partial charge on any atom is -0.469 e. The van der Waals surface area contributed by atoms with Gasteiger partial charge in [0.05, 0.1) is 19.1 Å². The number of carbonyl (C=O) groups excluding carboxylic acids is 2. The second-order valence-corrected chi connectivity index (χ2v) is 11.7. The molecule has 5 nitrogen and oxygen atoms in total. The molecule has 4 saturated carbocycles. The van der Waals surface area contributed by atoms with Gasteiger partial charge >= 0.3 is 11.9 Å². The number of esters is 2. The van der Waals surface area contributed by atoms with Crippen LogP contribution in [0.1, 0.15) is 128 Å². The van der Waals surface area contributed by atoms with Gasteiger partial charge in [-0.2, -0.15) is 0 Å². The Morgan fingerprint density at radius 2 is 1.15 bits per heavy atom. The summed E-state index contributed by atoms with van der Waals surface area (Å²) in [6.07, 6.45) is 21.1. The van der Waals surface area contributed by atoms with E-state index in [1.54, 1.807) is 0 Å². The van der Waals surface area contributed by atoms with Crippen molar-refractivity contribution in [3.05, 3.63) is 0 Å². The van der Waals surface area contributed by atoms with Gasteiger partial charge in [-0.05, 0) is 70.1 Å². The molecular weight excluding hydrogens is 428 g/mol. The molecule has 0 saturated heterocycles. The molecule has 2 atom stereocenters. The van der Waals surface area contributed by atoms with Crippen LogP contribution in [-0.2, 0) is 23.8 Å². The third-order valence-corrected chi connectivity index (χ3v) is 9.43. The van der Waals surface area contributed by atoms with Gasteiger partial charge in [-0.15, -0.1) is 0 Å². The van der Waals surface area contributed by atoms with Crippen molar-refractivity contribution in [3.63, 3.8) is 0 Å². The van der Waals surface area contributed by atoms with E-state index in [2.05, 4.69) is 0 Å². The van der Waals surface area contributed by atoms with Crippen LogP contribution in [0.25, 0.3) is 0 Å². The highest BCUT2D eigenvalue weighted by molar-refractivity contribution is 5.80. The van der Waals surface area contributed by atoms with Gasteiger partial charge in [0.1, 0.15) is 6.10 Å². The molecule has 0 amide bonds. The van der Waals surface area contributed by atoms with E-state index < -0.39 is 11.5 Å². The zero-order valence-electron chi connectivity index (χ0n) is 21.6. The predicted molar refractivity (Wildman–Crippen MR) is 132 cm³/mol. The molecule has 0 heterocycles. The number of rotatable bonds is 8. The standard InChI is InChI=1S/C29H48O5/c1-32-27(30)25(22-14-6-2-7-15-22)29(20-12-5-13-21-29)26(33-23-16-8-3-9-17-23)28(31)34-24-18-10-4-11-19-24/h22-26H,2-21H2,1H3. The lowest BCUT2D eigenvalue weighted by molar-refractivity contribution is -0.199. The van der Waals surface area contributed by atoms with E-state index in [0.717, 1.165) is 109 Å². The average molecular weight is 477 g/mol. The maximum Gasteiger partial charge on any atom is 0.336 e. The van der Waals surface area contributed by atoms with Crippen LogP contribution in [-0.4, -0.2) is 37.4 Å². The quantitative estimate of drug-likeness (QED) is 0.357. The van der Waals surface area contributed by atoms with Crippen molar-refractivity contribution in [3.8, 4) is 0 Å². The minimum atomic E-state index is -0.649. The van der Waals surface area contributed by atoms with E-state index >= 15 is 0 Å². The summed E-state index contributed by atoms with van der Waals surface area (Å²) in [5.41, 5.74) is -0.503. The van der Waals surface area contributed by atoms with Crippen LogP contribution in [0.15, 0.2) is 0 Å². The van der Waals surface area contributed by atoms with Crippen LogP contribution in [0.2, 0.25) is 0 Å². The molecule has 0 N–H and O–H groups in total. The summed E-state index contributed by atoms with van der Waals surface area (Å²) in [7, 11) is 1.52. The van der Waals surface area contributed by atoms with Gasteiger partial charge < -0.3 is 14.2 Å². The molecular formula is C29H48O5. The first-order valence-corrected chi connectivity index (χ1v) is 14.6. The Morgan fingerprint density at radius 1 is 0.647 bits per heavy atom. The lowest BCUT2D eigenvalue weighted by Gasteiger charge is -2.50. The molecule has 0 radical (unpaired) electrons. The Morgan fingerprint density at radius 3 is 1.71 bits per heavy atom. The first-order valence-electron chi connectivity index (χ1n) is 14.6. The van der Waals surface area contributed by atoms with Crippen LogP contribution < -0.4 is 0 Å². The van der Waals surface area contributed by atoms with Gasteiger partial charge in [0.25, 0.3) is 0 Å². The zero-order valence-corrected chi connectivity index (χ0v) is 21.6. The number of carbonyl (C=O) groups is 2. The van der Waals surface area contributed by atoms with Crippen molar-refractivity contribution in [2.45, 2.75) is 147 Å². The summed E-state index contributed by atoms with van der Waals surface area (Å²) >= 11 is 0. The third-order valence-electron chi connectivity index (χ3n) is 9.43. The van der Waals surface area contributed by atoms with Crippen LogP contribution >= 0.6 is 0 Å². The second kappa shape index (κ2) is 12.7. The van der Waals surface area contributed by atoms with Gasteiger partial charge in [-0.1, -0.05) is 64.2 Å². The fourth-order valence-corrected chi connectivity index (χ4v) is 7.67. The smallest absolute Gasteiger partial charge is 0.336 e. The summed E-state index contributed by atoms with van der Waals surface area (Å²) in [5, 5.41) is 0. The minimum absolute atomic E-state index is 0.00519. The second-order valence-electron chi connectivity index (χ2n) is 11.7. The Labute approximate surface area is 207 Å². The van der Waals surface area contributed by atoms with Crippen LogP contribution in [0.4, 0.5) is 0 Å². The summed E-state index contributed by atoms with van der Waals surface area (Å²) in [6.45, 7) is 0. The monoisotopic (exact) mass is 476 g/mol. The van der Waals surface area contributed by atoms with Crippen molar-refractivity contribution in [2.75, 3.05) is 7.11 Å². The highest BCUT2D eigenvalue weighted by Crippen LogP contribution is 2.53. The van der Waals surface area contributed by atoms with Gasteiger partial charge in [-0.3, -0.25) is 4.79 Å². The van der Waals surface area contributed by atoms with E-state index in [-0.39, 0.29) is 36.0 Å². The maximum atomic E-state index is 14.0. The predicted octanol–water partition coefficient (Wildman–Crippen LogP) is 6.90. The normalized spacial score (nSPS) is 27.0. The Kier molecular flexibility index (Phi) is 9.73. The largest absolute Gasteiger partial charge is 0.469 e. The Bertz CT molecular complexity index is 637. The third kappa shape index (κ3) is 6.17. The maximum absolute atomic E-state index is 14.0. The number of methoxy groups -OCH3 is 1. The lowest BCUT2D eigenvalue weighted by atomic mass is 9.57. The number of ether oxygens (including phenoxy) is 3. The fourth-order valence-electron chi connectivity index (χ4n) is 7.67. The van der Waals surface area contributed by atoms with Crippen molar-refractivity contribution in [1.82, 2.24) is 0 Å². The lowest BCUT2D eigenvalue weighted by Crippen LogP contribution is -2.55. The molecule has 0 aliphatic heterocycles. The van der Waals surface area contributed by atoms with Gasteiger partial charge in [0, 0.05) is 5.41 Å². The molecule has 5 heteroatoms. The van der Waals surface area contributed by atoms with Gasteiger partial charge in [-0.25, -0.2) is 4.79 Å². The molecule has 34 heavy (non-hydrogen) atoms. The molecule has 4 fully saturated rings. The van der Waals surface area contributed by atoms with Crippen molar-refractivity contribution < 1.29 is 23.8 Å². The highest BCUT2D eigenvalue weighted by Gasteiger charge is 2.56. The molecule has 2 unspecified atom stereocenters. The number of hydrogen-bond acceptors (Lipinski definition) is 5. The average Bonchev–Trinajstić information content (AvgIpc) is 2.89. The fraction of sp³-hybridized carbons (Fsp3) is 0.931. The van der Waals surface area contributed by atoms with E-state index in [9.17, 15) is 9.59 Å². The van der Waals surface area contributed by atoms with Crippen molar-refractivity contribution in [2.24, 2.45) is 17.3 Å². The molecule has 0 aromatic rings. The topological polar surface area (TPSA) is 61.8 Å². The Balaban J connectivity index is 1.67. The van der Waals surface area contributed by atoms with Crippen molar-refractivity contribution in [1.29, 1.82) is 0 Å². The number of hydrogen-bond donors (Lipinski definition) is 0.